The van der Waals surface area contributed by atoms with Gasteiger partial charge in [-0.15, -0.1) is 0 Å². The predicted molar refractivity (Wildman–Crippen MR) is 207 cm³/mol. The van der Waals surface area contributed by atoms with Crippen molar-refractivity contribution in [3.8, 4) is 34.4 Å². The zero-order valence-electron chi connectivity index (χ0n) is 27.2. The fourth-order valence-electron chi connectivity index (χ4n) is 7.68. The summed E-state index contributed by atoms with van der Waals surface area (Å²) in [4.78, 5) is 15.5. The molecule has 0 unspecified atom stereocenters. The van der Waals surface area contributed by atoms with E-state index in [1.165, 1.54) is 10.8 Å². The Morgan fingerprint density at radius 2 is 0.922 bits per heavy atom. The number of nitrogens with zero attached hydrogens (tertiary/aromatic N) is 5. The smallest absolute Gasteiger partial charge is 0.238 e. The van der Waals surface area contributed by atoms with Crippen LogP contribution in [0.4, 0.5) is 0 Å². The molecule has 0 spiro atoms. The second-order valence-corrected chi connectivity index (χ2v) is 12.9. The Bertz CT molecular complexity index is 3140. The van der Waals surface area contributed by atoms with Crippen LogP contribution in [-0.2, 0) is 0 Å². The van der Waals surface area contributed by atoms with Crippen LogP contribution in [0.5, 0.6) is 0 Å². The second-order valence-electron chi connectivity index (χ2n) is 12.9. The highest BCUT2D eigenvalue weighted by atomic mass is 16.3. The summed E-state index contributed by atoms with van der Waals surface area (Å²) in [6, 6.07) is 56.8. The standard InChI is InChI=1S/C45H27N5O/c1-3-13-28(14-4-1)43-46-44(29-23-24-34-33-19-9-12-22-41(33)51-42(34)25-29)48-45(47-43)50-38-21-11-8-18-32(38)36-26-35-31-17-7-10-20-37(31)49(39(35)27-40(36)50)30-15-5-2-6-16-30/h1-27H. The van der Waals surface area contributed by atoms with E-state index in [1.54, 1.807) is 0 Å². The third-order valence-corrected chi connectivity index (χ3v) is 9.97. The van der Waals surface area contributed by atoms with Crippen LogP contribution in [0.3, 0.4) is 0 Å². The summed E-state index contributed by atoms with van der Waals surface area (Å²) in [5, 5.41) is 6.84. The zero-order chi connectivity index (χ0) is 33.5. The first-order valence-corrected chi connectivity index (χ1v) is 17.0. The van der Waals surface area contributed by atoms with E-state index in [4.69, 9.17) is 19.4 Å². The average molecular weight is 654 g/mol. The normalized spacial score (nSPS) is 11.9. The van der Waals surface area contributed by atoms with Gasteiger partial charge in [0, 0.05) is 49.1 Å². The molecule has 0 aliphatic rings. The van der Waals surface area contributed by atoms with Gasteiger partial charge in [-0.2, -0.15) is 9.97 Å². The van der Waals surface area contributed by atoms with Crippen molar-refractivity contribution < 1.29 is 4.42 Å². The molecule has 4 heterocycles. The highest BCUT2D eigenvalue weighted by Crippen LogP contribution is 2.40. The molecule has 11 rings (SSSR count). The molecule has 0 saturated heterocycles. The van der Waals surface area contributed by atoms with Crippen molar-refractivity contribution in [1.29, 1.82) is 0 Å². The molecule has 0 radical (unpaired) electrons. The summed E-state index contributed by atoms with van der Waals surface area (Å²) in [7, 11) is 0. The molecule has 4 aromatic heterocycles. The summed E-state index contributed by atoms with van der Waals surface area (Å²) < 4.78 is 10.8. The van der Waals surface area contributed by atoms with E-state index in [1.807, 2.05) is 54.6 Å². The van der Waals surface area contributed by atoms with Crippen LogP contribution in [0.15, 0.2) is 168 Å². The molecule has 0 atom stereocenters. The third-order valence-electron chi connectivity index (χ3n) is 9.97. The van der Waals surface area contributed by atoms with E-state index < -0.39 is 0 Å². The molecule has 0 saturated carbocycles. The first-order valence-electron chi connectivity index (χ1n) is 17.0. The average Bonchev–Trinajstić information content (AvgIpc) is 3.84. The summed E-state index contributed by atoms with van der Waals surface area (Å²) >= 11 is 0. The molecular weight excluding hydrogens is 627 g/mol. The molecular formula is C45H27N5O. The Morgan fingerprint density at radius 3 is 1.67 bits per heavy atom. The molecule has 0 fully saturated rings. The topological polar surface area (TPSA) is 61.7 Å². The Kier molecular flexibility index (Phi) is 5.86. The fourth-order valence-corrected chi connectivity index (χ4v) is 7.68. The van der Waals surface area contributed by atoms with Crippen LogP contribution >= 0.6 is 0 Å². The molecule has 0 amide bonds. The Morgan fingerprint density at radius 1 is 0.353 bits per heavy atom. The van der Waals surface area contributed by atoms with Gasteiger partial charge in [-0.25, -0.2) is 4.98 Å². The Hall–Kier alpha value is -7.05. The van der Waals surface area contributed by atoms with Crippen LogP contribution in [-0.4, -0.2) is 24.1 Å². The van der Waals surface area contributed by atoms with Gasteiger partial charge in [-0.1, -0.05) is 109 Å². The molecule has 0 aliphatic carbocycles. The van der Waals surface area contributed by atoms with Gasteiger partial charge in [-0.3, -0.25) is 4.57 Å². The van der Waals surface area contributed by atoms with E-state index in [2.05, 4.69) is 118 Å². The third kappa shape index (κ3) is 4.20. The minimum Gasteiger partial charge on any atom is -0.456 e. The Labute approximate surface area is 291 Å². The lowest BCUT2D eigenvalue weighted by Gasteiger charge is -2.11. The number of aromatic nitrogens is 5. The first-order chi connectivity index (χ1) is 25.3. The molecule has 6 nitrogen and oxygen atoms in total. The van der Waals surface area contributed by atoms with Crippen molar-refractivity contribution in [2.24, 2.45) is 0 Å². The predicted octanol–water partition coefficient (Wildman–Crippen LogP) is 11.3. The Balaban J connectivity index is 1.22. The van der Waals surface area contributed by atoms with Gasteiger partial charge in [0.05, 0.1) is 22.1 Å². The van der Waals surface area contributed by atoms with E-state index in [9.17, 15) is 0 Å². The number of furan rings is 1. The molecule has 0 bridgehead atoms. The number of rotatable bonds is 4. The maximum atomic E-state index is 6.28. The van der Waals surface area contributed by atoms with Crippen molar-refractivity contribution in [2.45, 2.75) is 0 Å². The van der Waals surface area contributed by atoms with Gasteiger partial charge < -0.3 is 8.98 Å². The summed E-state index contributed by atoms with van der Waals surface area (Å²) in [6.45, 7) is 0. The van der Waals surface area contributed by atoms with Gasteiger partial charge in [0.2, 0.25) is 5.95 Å². The van der Waals surface area contributed by atoms with Gasteiger partial charge in [0.25, 0.3) is 0 Å². The lowest BCUT2D eigenvalue weighted by molar-refractivity contribution is 0.669. The van der Waals surface area contributed by atoms with Crippen LogP contribution < -0.4 is 0 Å². The molecule has 6 heteroatoms. The van der Waals surface area contributed by atoms with Crippen molar-refractivity contribution in [1.82, 2.24) is 24.1 Å². The first kappa shape index (κ1) is 27.9. The van der Waals surface area contributed by atoms with Gasteiger partial charge >= 0.3 is 0 Å². The van der Waals surface area contributed by atoms with Crippen molar-refractivity contribution in [3.63, 3.8) is 0 Å². The lowest BCUT2D eigenvalue weighted by atomic mass is 10.1. The number of hydrogen-bond donors (Lipinski definition) is 0. The van der Waals surface area contributed by atoms with Crippen molar-refractivity contribution in [2.75, 3.05) is 0 Å². The molecule has 51 heavy (non-hydrogen) atoms. The molecule has 0 N–H and O–H groups in total. The highest BCUT2D eigenvalue weighted by Gasteiger charge is 2.21. The van der Waals surface area contributed by atoms with E-state index in [0.29, 0.717) is 17.6 Å². The molecule has 7 aromatic carbocycles. The minimum absolute atomic E-state index is 0.552. The van der Waals surface area contributed by atoms with E-state index in [-0.39, 0.29) is 0 Å². The van der Waals surface area contributed by atoms with Crippen molar-refractivity contribution in [3.05, 3.63) is 164 Å². The SMILES string of the molecule is c1ccc(-c2nc(-c3ccc4c(c3)oc3ccccc34)nc(-n3c4ccccc4c4cc5c6ccccc6n(-c6ccccc6)c5cc43)n2)cc1. The van der Waals surface area contributed by atoms with Gasteiger partial charge in [-0.05, 0) is 54.6 Å². The molecule has 0 aliphatic heterocycles. The molecule has 11 aromatic rings. The zero-order valence-corrected chi connectivity index (χ0v) is 27.2. The number of benzene rings is 7. The van der Waals surface area contributed by atoms with Crippen LogP contribution in [0.2, 0.25) is 0 Å². The highest BCUT2D eigenvalue weighted by molar-refractivity contribution is 6.19. The number of para-hydroxylation sites is 4. The summed E-state index contributed by atoms with van der Waals surface area (Å²) in [6.07, 6.45) is 0. The monoisotopic (exact) mass is 653 g/mol. The number of fused-ring (bicyclic) bond motifs is 9. The quantitative estimate of drug-likeness (QED) is 0.190. The molecule has 238 valence electrons. The summed E-state index contributed by atoms with van der Waals surface area (Å²) in [5.41, 5.74) is 8.87. The van der Waals surface area contributed by atoms with E-state index >= 15 is 0 Å². The maximum Gasteiger partial charge on any atom is 0.238 e. The number of hydrogen-bond acceptors (Lipinski definition) is 4. The summed E-state index contributed by atoms with van der Waals surface area (Å²) in [5.74, 6) is 1.73. The van der Waals surface area contributed by atoms with E-state index in [0.717, 1.165) is 71.6 Å². The van der Waals surface area contributed by atoms with Crippen LogP contribution in [0.25, 0.3) is 100.0 Å². The minimum atomic E-state index is 0.552. The van der Waals surface area contributed by atoms with Gasteiger partial charge in [0.15, 0.2) is 11.6 Å². The fraction of sp³-hybridized carbons (Fsp3) is 0. The van der Waals surface area contributed by atoms with Crippen LogP contribution in [0, 0.1) is 0 Å². The second kappa shape index (κ2) is 10.7. The van der Waals surface area contributed by atoms with Crippen LogP contribution in [0.1, 0.15) is 0 Å². The largest absolute Gasteiger partial charge is 0.456 e. The maximum absolute atomic E-state index is 6.28. The van der Waals surface area contributed by atoms with Crippen molar-refractivity contribution >= 4 is 65.6 Å². The lowest BCUT2D eigenvalue weighted by Crippen LogP contribution is -2.06. The van der Waals surface area contributed by atoms with Gasteiger partial charge in [0.1, 0.15) is 11.2 Å².